The lowest BCUT2D eigenvalue weighted by molar-refractivity contribution is 0.727. The van der Waals surface area contributed by atoms with Crippen LogP contribution in [0.15, 0.2) is 30.5 Å². The van der Waals surface area contributed by atoms with Gasteiger partial charge in [-0.25, -0.2) is 4.98 Å². The summed E-state index contributed by atoms with van der Waals surface area (Å²) in [6.45, 7) is 4.21. The largest absolute Gasteiger partial charge is 0.354 e. The van der Waals surface area contributed by atoms with E-state index < -0.39 is 0 Å². The summed E-state index contributed by atoms with van der Waals surface area (Å²) in [5.41, 5.74) is 1.92. The maximum atomic E-state index is 4.69. The van der Waals surface area contributed by atoms with Crippen LogP contribution in [0.3, 0.4) is 0 Å². The fraction of sp³-hybridized carbons (Fsp3) is 0.429. The van der Waals surface area contributed by atoms with Crippen molar-refractivity contribution in [2.75, 3.05) is 23.3 Å². The first kappa shape index (κ1) is 13.3. The summed E-state index contributed by atoms with van der Waals surface area (Å²) in [6.07, 6.45) is 4.25. The van der Waals surface area contributed by atoms with Crippen molar-refractivity contribution in [3.63, 3.8) is 0 Å². The van der Waals surface area contributed by atoms with Crippen molar-refractivity contribution in [1.29, 1.82) is 0 Å². The molecular weight excluding hydrogens is 290 g/mol. The minimum Gasteiger partial charge on any atom is -0.354 e. The normalized spacial score (nSPS) is 10.8. The van der Waals surface area contributed by atoms with Crippen LogP contribution in [0, 0.1) is 0 Å². The van der Waals surface area contributed by atoms with Gasteiger partial charge in [0.25, 0.3) is 0 Å². The van der Waals surface area contributed by atoms with Gasteiger partial charge in [-0.1, -0.05) is 41.4 Å². The maximum Gasteiger partial charge on any atom is 0.147 e. The van der Waals surface area contributed by atoms with Crippen LogP contribution in [0.2, 0.25) is 0 Å². The lowest BCUT2D eigenvalue weighted by Gasteiger charge is -2.22. The third-order valence-electron chi connectivity index (χ3n) is 2.90. The summed E-state index contributed by atoms with van der Waals surface area (Å²) >= 11 is 3.50. The molecule has 0 atom stereocenters. The topological polar surface area (TPSA) is 29.0 Å². The minimum absolute atomic E-state index is 0.950. The van der Waals surface area contributed by atoms with Gasteiger partial charge in [0.15, 0.2) is 0 Å². The second kappa shape index (κ2) is 6.69. The summed E-state index contributed by atoms with van der Waals surface area (Å²) in [7, 11) is 0. The zero-order valence-corrected chi connectivity index (χ0v) is 12.2. The second-order valence-corrected chi connectivity index (χ2v) is 5.04. The van der Waals surface area contributed by atoms with E-state index in [0.29, 0.717) is 0 Å². The highest BCUT2D eigenvalue weighted by molar-refractivity contribution is 9.09. The number of benzene rings is 1. The van der Waals surface area contributed by atoms with Gasteiger partial charge in [0.1, 0.15) is 5.82 Å². The second-order valence-electron chi connectivity index (χ2n) is 4.25. The molecular formula is C14H18BrN3. The Kier molecular flexibility index (Phi) is 4.93. The zero-order chi connectivity index (χ0) is 12.8. The third kappa shape index (κ3) is 3.19. The summed E-state index contributed by atoms with van der Waals surface area (Å²) in [6, 6.07) is 8.00. The molecule has 4 heteroatoms. The van der Waals surface area contributed by atoms with Crippen molar-refractivity contribution in [1.82, 2.24) is 9.97 Å². The number of alkyl halides is 1. The fourth-order valence-electron chi connectivity index (χ4n) is 1.89. The van der Waals surface area contributed by atoms with Gasteiger partial charge >= 0.3 is 0 Å². The van der Waals surface area contributed by atoms with Crippen LogP contribution >= 0.6 is 15.9 Å². The quantitative estimate of drug-likeness (QED) is 0.763. The first-order valence-corrected chi connectivity index (χ1v) is 7.50. The molecule has 0 N–H and O–H groups in total. The number of aromatic nitrogens is 2. The molecule has 0 fully saturated rings. The predicted molar refractivity (Wildman–Crippen MR) is 80.5 cm³/mol. The SMILES string of the molecule is CCCCN(CCBr)c1cnc2ccccc2n1. The average Bonchev–Trinajstić information content (AvgIpc) is 2.43. The number of hydrogen-bond donors (Lipinski definition) is 0. The molecule has 0 aliphatic heterocycles. The highest BCUT2D eigenvalue weighted by Gasteiger charge is 2.08. The molecule has 3 nitrogen and oxygen atoms in total. The standard InChI is InChI=1S/C14H18BrN3/c1-2-3-9-18(10-8-15)14-11-16-12-6-4-5-7-13(12)17-14/h4-7,11H,2-3,8-10H2,1H3. The van der Waals surface area contributed by atoms with Gasteiger partial charge in [0.05, 0.1) is 17.2 Å². The lowest BCUT2D eigenvalue weighted by Crippen LogP contribution is -2.27. The van der Waals surface area contributed by atoms with Crippen molar-refractivity contribution >= 4 is 32.8 Å². The van der Waals surface area contributed by atoms with Crippen LogP contribution < -0.4 is 4.90 Å². The van der Waals surface area contributed by atoms with E-state index in [9.17, 15) is 0 Å². The molecule has 2 rings (SSSR count). The van der Waals surface area contributed by atoms with Crippen LogP contribution in [0.5, 0.6) is 0 Å². The van der Waals surface area contributed by atoms with Crippen LogP contribution in [-0.4, -0.2) is 28.4 Å². The molecule has 2 aromatic rings. The van der Waals surface area contributed by atoms with Crippen LogP contribution in [0.4, 0.5) is 5.82 Å². The van der Waals surface area contributed by atoms with Gasteiger partial charge in [0, 0.05) is 18.4 Å². The first-order chi connectivity index (χ1) is 8.85. The summed E-state index contributed by atoms with van der Waals surface area (Å²) in [4.78, 5) is 11.5. The van der Waals surface area contributed by atoms with Crippen molar-refractivity contribution < 1.29 is 0 Å². The molecule has 0 bridgehead atoms. The van der Waals surface area contributed by atoms with Gasteiger partial charge < -0.3 is 4.90 Å². The highest BCUT2D eigenvalue weighted by atomic mass is 79.9. The number of nitrogens with zero attached hydrogens (tertiary/aromatic N) is 3. The number of rotatable bonds is 6. The number of halogens is 1. The molecule has 0 saturated carbocycles. The Bertz CT molecular complexity index is 501. The number of fused-ring (bicyclic) bond motifs is 1. The van der Waals surface area contributed by atoms with Crippen molar-refractivity contribution in [3.05, 3.63) is 30.5 Å². The van der Waals surface area contributed by atoms with E-state index in [-0.39, 0.29) is 0 Å². The van der Waals surface area contributed by atoms with Crippen LogP contribution in [0.1, 0.15) is 19.8 Å². The Labute approximate surface area is 116 Å². The summed E-state index contributed by atoms with van der Waals surface area (Å²) < 4.78 is 0. The van der Waals surface area contributed by atoms with Gasteiger partial charge in [0.2, 0.25) is 0 Å². The molecule has 1 aromatic carbocycles. The van der Waals surface area contributed by atoms with E-state index in [2.05, 4.69) is 37.7 Å². The molecule has 18 heavy (non-hydrogen) atoms. The van der Waals surface area contributed by atoms with Crippen LogP contribution in [-0.2, 0) is 0 Å². The number of hydrogen-bond acceptors (Lipinski definition) is 3. The smallest absolute Gasteiger partial charge is 0.147 e. The highest BCUT2D eigenvalue weighted by Crippen LogP contribution is 2.16. The Morgan fingerprint density at radius 3 is 2.67 bits per heavy atom. The Balaban J connectivity index is 2.25. The van der Waals surface area contributed by atoms with E-state index in [1.807, 2.05) is 30.5 Å². The van der Waals surface area contributed by atoms with E-state index in [1.54, 1.807) is 0 Å². The van der Waals surface area contributed by atoms with E-state index in [1.165, 1.54) is 12.8 Å². The van der Waals surface area contributed by atoms with Gasteiger partial charge in [-0.15, -0.1) is 0 Å². The molecule has 0 aliphatic carbocycles. The van der Waals surface area contributed by atoms with Gasteiger partial charge in [-0.2, -0.15) is 0 Å². The molecule has 0 spiro atoms. The average molecular weight is 308 g/mol. The number of para-hydroxylation sites is 2. The Morgan fingerprint density at radius 1 is 1.17 bits per heavy atom. The fourth-order valence-corrected chi connectivity index (χ4v) is 2.32. The molecule has 96 valence electrons. The maximum absolute atomic E-state index is 4.69. The van der Waals surface area contributed by atoms with E-state index in [0.717, 1.165) is 35.3 Å². The van der Waals surface area contributed by atoms with E-state index in [4.69, 9.17) is 0 Å². The van der Waals surface area contributed by atoms with Gasteiger partial charge in [-0.3, -0.25) is 4.98 Å². The monoisotopic (exact) mass is 307 g/mol. The summed E-state index contributed by atoms with van der Waals surface area (Å²) in [5, 5.41) is 0.950. The van der Waals surface area contributed by atoms with Crippen molar-refractivity contribution in [2.24, 2.45) is 0 Å². The molecule has 0 amide bonds. The Hall–Kier alpha value is -1.16. The van der Waals surface area contributed by atoms with Crippen molar-refractivity contribution in [3.8, 4) is 0 Å². The Morgan fingerprint density at radius 2 is 1.94 bits per heavy atom. The molecule has 0 saturated heterocycles. The zero-order valence-electron chi connectivity index (χ0n) is 10.6. The molecule has 1 aromatic heterocycles. The molecule has 0 aliphatic rings. The van der Waals surface area contributed by atoms with Crippen molar-refractivity contribution in [2.45, 2.75) is 19.8 Å². The van der Waals surface area contributed by atoms with Crippen LogP contribution in [0.25, 0.3) is 11.0 Å². The number of anilines is 1. The molecule has 0 radical (unpaired) electrons. The first-order valence-electron chi connectivity index (χ1n) is 6.38. The van der Waals surface area contributed by atoms with E-state index >= 15 is 0 Å². The summed E-state index contributed by atoms with van der Waals surface area (Å²) in [5.74, 6) is 0.974. The van der Waals surface area contributed by atoms with Gasteiger partial charge in [-0.05, 0) is 18.6 Å². The number of unbranched alkanes of at least 4 members (excludes halogenated alkanes) is 1. The molecule has 0 unspecified atom stereocenters. The minimum atomic E-state index is 0.950. The molecule has 1 heterocycles. The predicted octanol–water partition coefficient (Wildman–Crippen LogP) is 3.63. The third-order valence-corrected chi connectivity index (χ3v) is 3.25. The lowest BCUT2D eigenvalue weighted by atomic mass is 10.3.